The highest BCUT2D eigenvalue weighted by atomic mass is 16.5. The van der Waals surface area contributed by atoms with Gasteiger partial charge in [-0.2, -0.15) is 0 Å². The van der Waals surface area contributed by atoms with E-state index >= 15 is 0 Å². The number of esters is 1. The van der Waals surface area contributed by atoms with Crippen molar-refractivity contribution >= 4 is 5.97 Å². The van der Waals surface area contributed by atoms with Crippen molar-refractivity contribution in [3.8, 4) is 5.75 Å². The molecule has 1 radical (unpaired) electrons. The van der Waals surface area contributed by atoms with E-state index in [1.54, 1.807) is 12.1 Å². The Morgan fingerprint density at radius 3 is 2.50 bits per heavy atom. The molecule has 0 atom stereocenters. The summed E-state index contributed by atoms with van der Waals surface area (Å²) in [5.74, 6) is -0.359. The van der Waals surface area contributed by atoms with E-state index in [0.29, 0.717) is 0 Å². The van der Waals surface area contributed by atoms with Crippen molar-refractivity contribution < 1.29 is 14.6 Å². The first-order valence-electron chi connectivity index (χ1n) is 3.45. The number of hydrogen-bond donors (Lipinski definition) is 1. The quantitative estimate of drug-likeness (QED) is 0.671. The molecule has 0 aromatic heterocycles. The zero-order valence-corrected chi connectivity index (χ0v) is 6.49. The number of carbonyl (C=O) groups excluding carboxylic acids is 1. The van der Waals surface area contributed by atoms with E-state index in [4.69, 9.17) is 5.11 Å². The third-order valence-corrected chi connectivity index (χ3v) is 1.34. The molecule has 12 heavy (non-hydrogen) atoms. The van der Waals surface area contributed by atoms with Gasteiger partial charge in [-0.25, -0.2) is 0 Å². The average molecular weight is 165 g/mol. The Morgan fingerprint density at radius 2 is 2.00 bits per heavy atom. The number of ether oxygens (including phenoxy) is 1. The van der Waals surface area contributed by atoms with Crippen molar-refractivity contribution in [2.75, 3.05) is 0 Å². The highest BCUT2D eigenvalue weighted by Crippen LogP contribution is 2.10. The zero-order valence-electron chi connectivity index (χ0n) is 6.49. The number of rotatable bonds is 2. The van der Waals surface area contributed by atoms with Crippen LogP contribution in [0.4, 0.5) is 0 Å². The second kappa shape index (κ2) is 3.76. The normalized spacial score (nSPS) is 9.42. The third-order valence-electron chi connectivity index (χ3n) is 1.34. The third kappa shape index (κ3) is 2.62. The summed E-state index contributed by atoms with van der Waals surface area (Å²) in [6, 6.07) is 6.43. The van der Waals surface area contributed by atoms with Gasteiger partial charge in [0, 0.05) is 0 Å². The second-order valence-corrected chi connectivity index (χ2v) is 2.33. The van der Waals surface area contributed by atoms with Gasteiger partial charge in [0.15, 0.2) is 0 Å². The molecule has 0 saturated heterocycles. The predicted octanol–water partition coefficient (Wildman–Crippen LogP) is 1.27. The van der Waals surface area contributed by atoms with Crippen LogP contribution in [-0.4, -0.2) is 11.1 Å². The molecule has 0 unspecified atom stereocenters. The molecular weight excluding hydrogens is 156 g/mol. The fraction of sp³-hybridized carbons (Fsp3) is 0.111. The first-order chi connectivity index (χ1) is 5.68. The molecule has 3 nitrogen and oxygen atoms in total. The van der Waals surface area contributed by atoms with E-state index in [2.05, 4.69) is 11.7 Å². The fourth-order valence-corrected chi connectivity index (χ4v) is 0.756. The van der Waals surface area contributed by atoms with Gasteiger partial charge in [0.2, 0.25) is 0 Å². The van der Waals surface area contributed by atoms with Gasteiger partial charge in [0.25, 0.3) is 0 Å². The van der Waals surface area contributed by atoms with Crippen LogP contribution in [0, 0.1) is 6.92 Å². The summed E-state index contributed by atoms with van der Waals surface area (Å²) in [5.41, 5.74) is 0.824. The Labute approximate surface area is 70.6 Å². The van der Waals surface area contributed by atoms with Crippen LogP contribution in [0.2, 0.25) is 0 Å². The molecule has 1 aromatic rings. The van der Waals surface area contributed by atoms with E-state index in [1.165, 1.54) is 12.1 Å². The Kier molecular flexibility index (Phi) is 2.69. The highest BCUT2D eigenvalue weighted by molar-refractivity contribution is 5.73. The van der Waals surface area contributed by atoms with Gasteiger partial charge in [-0.3, -0.25) is 4.79 Å². The van der Waals surface area contributed by atoms with Gasteiger partial charge in [-0.05, 0) is 17.7 Å². The molecule has 0 spiro atoms. The Hall–Kier alpha value is -1.51. The lowest BCUT2D eigenvalue weighted by molar-refractivity contribution is -0.139. The number of benzene rings is 1. The van der Waals surface area contributed by atoms with Gasteiger partial charge in [-0.15, -0.1) is 0 Å². The summed E-state index contributed by atoms with van der Waals surface area (Å²) in [6.07, 6.45) is 0. The molecule has 0 bridgehead atoms. The number of phenolic OH excluding ortho intramolecular Hbond substituents is 1. The second-order valence-electron chi connectivity index (χ2n) is 2.33. The number of hydrogen-bond acceptors (Lipinski definition) is 3. The van der Waals surface area contributed by atoms with Crippen LogP contribution < -0.4 is 0 Å². The van der Waals surface area contributed by atoms with Crippen molar-refractivity contribution in [2.45, 2.75) is 6.61 Å². The summed E-state index contributed by atoms with van der Waals surface area (Å²) in [4.78, 5) is 10.3. The van der Waals surface area contributed by atoms with Crippen LogP contribution in [-0.2, 0) is 16.1 Å². The largest absolute Gasteiger partial charge is 0.508 e. The molecule has 0 aliphatic rings. The molecular formula is C9H9O3. The Balaban J connectivity index is 2.53. The van der Waals surface area contributed by atoms with Crippen molar-refractivity contribution in [2.24, 2.45) is 0 Å². The van der Waals surface area contributed by atoms with E-state index in [9.17, 15) is 4.79 Å². The number of carbonyl (C=O) groups is 1. The molecule has 63 valence electrons. The Bertz CT molecular complexity index is 264. The maximum Gasteiger partial charge on any atom is 0.306 e. The molecule has 1 aromatic carbocycles. The first-order valence-corrected chi connectivity index (χ1v) is 3.45. The Morgan fingerprint density at radius 1 is 1.42 bits per heavy atom. The SMILES string of the molecule is [CH2]C(=O)OCc1ccc(O)cc1. The van der Waals surface area contributed by atoms with Gasteiger partial charge in [0.1, 0.15) is 12.4 Å². The minimum absolute atomic E-state index is 0.194. The zero-order chi connectivity index (χ0) is 8.97. The highest BCUT2D eigenvalue weighted by Gasteiger charge is 1.95. The van der Waals surface area contributed by atoms with Gasteiger partial charge in [0.05, 0.1) is 6.92 Å². The van der Waals surface area contributed by atoms with Crippen molar-refractivity contribution in [1.82, 2.24) is 0 Å². The molecule has 0 heterocycles. The lowest BCUT2D eigenvalue weighted by Crippen LogP contribution is -1.98. The molecule has 1 rings (SSSR count). The standard InChI is InChI=1S/C9H9O3/c1-7(10)12-6-8-2-4-9(11)5-3-8/h2-5,11H,1,6H2. The summed E-state index contributed by atoms with van der Waals surface area (Å²) in [6.45, 7) is 3.26. The molecule has 0 amide bonds. The molecule has 0 saturated carbocycles. The smallest absolute Gasteiger partial charge is 0.306 e. The first kappa shape index (κ1) is 8.59. The van der Waals surface area contributed by atoms with Crippen LogP contribution in [0.3, 0.4) is 0 Å². The molecule has 3 heteroatoms. The van der Waals surface area contributed by atoms with Crippen LogP contribution in [0.5, 0.6) is 5.75 Å². The van der Waals surface area contributed by atoms with Crippen molar-refractivity contribution in [3.05, 3.63) is 36.8 Å². The predicted molar refractivity (Wildman–Crippen MR) is 43.3 cm³/mol. The minimum atomic E-state index is -0.553. The topological polar surface area (TPSA) is 46.5 Å². The maximum atomic E-state index is 10.3. The summed E-state index contributed by atoms with van der Waals surface area (Å²) < 4.78 is 4.64. The van der Waals surface area contributed by atoms with Crippen LogP contribution in [0.1, 0.15) is 5.56 Å². The van der Waals surface area contributed by atoms with Gasteiger partial charge < -0.3 is 9.84 Å². The van der Waals surface area contributed by atoms with Crippen LogP contribution >= 0.6 is 0 Å². The molecule has 1 N–H and O–H groups in total. The van der Waals surface area contributed by atoms with Crippen LogP contribution in [0.25, 0.3) is 0 Å². The summed E-state index contributed by atoms with van der Waals surface area (Å²) in [7, 11) is 0. The van der Waals surface area contributed by atoms with Gasteiger partial charge in [-0.1, -0.05) is 12.1 Å². The van der Waals surface area contributed by atoms with E-state index in [1.807, 2.05) is 0 Å². The molecule has 0 aliphatic carbocycles. The van der Waals surface area contributed by atoms with E-state index < -0.39 is 5.97 Å². The maximum absolute atomic E-state index is 10.3. The molecule has 0 aliphatic heterocycles. The van der Waals surface area contributed by atoms with E-state index in [-0.39, 0.29) is 12.4 Å². The minimum Gasteiger partial charge on any atom is -0.508 e. The fourth-order valence-electron chi connectivity index (χ4n) is 0.756. The van der Waals surface area contributed by atoms with Gasteiger partial charge >= 0.3 is 5.97 Å². The summed E-state index contributed by atoms with van der Waals surface area (Å²) >= 11 is 0. The lowest BCUT2D eigenvalue weighted by atomic mass is 10.2. The molecule has 0 fully saturated rings. The monoisotopic (exact) mass is 165 g/mol. The van der Waals surface area contributed by atoms with Crippen molar-refractivity contribution in [3.63, 3.8) is 0 Å². The number of aromatic hydroxyl groups is 1. The summed E-state index contributed by atoms with van der Waals surface area (Å²) in [5, 5.41) is 8.91. The van der Waals surface area contributed by atoms with E-state index in [0.717, 1.165) is 5.56 Å². The lowest BCUT2D eigenvalue weighted by Gasteiger charge is -2.00. The van der Waals surface area contributed by atoms with Crippen LogP contribution in [0.15, 0.2) is 24.3 Å². The van der Waals surface area contributed by atoms with Crippen molar-refractivity contribution in [1.29, 1.82) is 0 Å². The average Bonchev–Trinajstić information content (AvgIpc) is 2.03. The number of phenols is 1.